The van der Waals surface area contributed by atoms with Gasteiger partial charge in [0.25, 0.3) is 0 Å². The number of hydrazone groups is 2. The Balaban J connectivity index is 1.32. The fourth-order valence-electron chi connectivity index (χ4n) is 3.60. The molecule has 1 aliphatic carbocycles. The predicted molar refractivity (Wildman–Crippen MR) is 156 cm³/mol. The number of halogens is 3. The van der Waals surface area contributed by atoms with Gasteiger partial charge in [0.05, 0.1) is 23.2 Å². The van der Waals surface area contributed by atoms with Crippen LogP contribution in [0.4, 0.5) is 48.1 Å². The van der Waals surface area contributed by atoms with Gasteiger partial charge in [0.15, 0.2) is 5.78 Å². The van der Waals surface area contributed by atoms with Crippen molar-refractivity contribution < 1.29 is 18.0 Å². The number of benzene rings is 3. The van der Waals surface area contributed by atoms with Crippen LogP contribution in [0.15, 0.2) is 119 Å². The molecule has 0 saturated carbocycles. The average molecular weight is 570 g/mol. The Labute approximate surface area is 237 Å². The normalized spacial score (nSPS) is 14.1. The second-order valence-electron chi connectivity index (χ2n) is 8.68. The Morgan fingerprint density at radius 2 is 1.29 bits per heavy atom. The average Bonchev–Trinajstić information content (AvgIpc) is 2.98. The van der Waals surface area contributed by atoms with Gasteiger partial charge in [-0.2, -0.15) is 38.3 Å². The van der Waals surface area contributed by atoms with Gasteiger partial charge in [-0.1, -0.05) is 42.5 Å². The number of allylic oxidation sites excluding steroid dienone is 4. The maximum atomic E-state index is 13.0. The van der Waals surface area contributed by atoms with Gasteiger partial charge in [0.1, 0.15) is 0 Å². The van der Waals surface area contributed by atoms with Crippen LogP contribution in [0.1, 0.15) is 5.56 Å². The molecule has 0 radical (unpaired) electrons. The van der Waals surface area contributed by atoms with E-state index in [9.17, 15) is 18.0 Å². The lowest BCUT2D eigenvalue weighted by atomic mass is 10.0. The van der Waals surface area contributed by atoms with Crippen LogP contribution in [0.3, 0.4) is 0 Å². The number of rotatable bonds is 9. The summed E-state index contributed by atoms with van der Waals surface area (Å²) in [5.74, 6) is 0.251. The van der Waals surface area contributed by atoms with Crippen molar-refractivity contribution in [3.8, 4) is 0 Å². The maximum absolute atomic E-state index is 13.0. The quantitative estimate of drug-likeness (QED) is 0.105. The van der Waals surface area contributed by atoms with E-state index in [1.165, 1.54) is 36.6 Å². The van der Waals surface area contributed by atoms with Crippen LogP contribution in [0.2, 0.25) is 0 Å². The predicted octanol–water partition coefficient (Wildman–Crippen LogP) is 6.31. The molecular formula is C29H22F3N9O. The van der Waals surface area contributed by atoms with E-state index in [1.54, 1.807) is 0 Å². The van der Waals surface area contributed by atoms with Crippen LogP contribution in [-0.4, -0.2) is 32.7 Å². The highest BCUT2D eigenvalue weighted by atomic mass is 19.4. The molecule has 1 aromatic heterocycles. The summed E-state index contributed by atoms with van der Waals surface area (Å²) in [7, 11) is 0. The molecule has 3 aromatic carbocycles. The van der Waals surface area contributed by atoms with Gasteiger partial charge in [-0.3, -0.25) is 10.2 Å². The van der Waals surface area contributed by atoms with Crippen molar-refractivity contribution in [2.24, 2.45) is 10.2 Å². The van der Waals surface area contributed by atoms with Crippen molar-refractivity contribution in [2.45, 2.75) is 6.18 Å². The highest BCUT2D eigenvalue weighted by Crippen LogP contribution is 2.30. The van der Waals surface area contributed by atoms with Crippen molar-refractivity contribution in [1.82, 2.24) is 15.0 Å². The minimum Gasteiger partial charge on any atom is -0.324 e. The molecule has 1 heterocycles. The van der Waals surface area contributed by atoms with E-state index in [-0.39, 0.29) is 34.9 Å². The zero-order valence-electron chi connectivity index (χ0n) is 21.7. The number of hydrogen-bond acceptors (Lipinski definition) is 10. The number of nitrogens with one attached hydrogen (secondary N) is 4. The van der Waals surface area contributed by atoms with E-state index in [4.69, 9.17) is 0 Å². The van der Waals surface area contributed by atoms with Crippen LogP contribution in [-0.2, 0) is 11.0 Å². The summed E-state index contributed by atoms with van der Waals surface area (Å²) in [4.78, 5) is 25.5. The molecule has 5 rings (SSSR count). The van der Waals surface area contributed by atoms with Gasteiger partial charge in [-0.05, 0) is 60.7 Å². The maximum Gasteiger partial charge on any atom is 0.416 e. The number of hydrogen-bond donors (Lipinski definition) is 4. The molecule has 4 N–H and O–H groups in total. The molecule has 0 aliphatic heterocycles. The first-order valence-electron chi connectivity index (χ1n) is 12.5. The Hall–Kier alpha value is -5.85. The largest absolute Gasteiger partial charge is 0.416 e. The summed E-state index contributed by atoms with van der Waals surface area (Å²) in [6.07, 6.45) is 0.938. The first-order valence-corrected chi connectivity index (χ1v) is 12.5. The second-order valence-corrected chi connectivity index (χ2v) is 8.68. The van der Waals surface area contributed by atoms with Gasteiger partial charge in [0, 0.05) is 16.9 Å². The second kappa shape index (κ2) is 12.6. The molecule has 4 aromatic rings. The molecule has 0 fully saturated rings. The number of aromatic nitrogens is 3. The molecule has 0 saturated heterocycles. The van der Waals surface area contributed by atoms with Gasteiger partial charge in [-0.25, -0.2) is 5.43 Å². The van der Waals surface area contributed by atoms with Crippen LogP contribution in [0.5, 0.6) is 0 Å². The molecule has 0 atom stereocenters. The molecule has 0 bridgehead atoms. The summed E-state index contributed by atoms with van der Waals surface area (Å²) in [5.41, 5.74) is 6.62. The number of carbonyl (C=O) groups excluding carboxylic acids is 1. The van der Waals surface area contributed by atoms with Gasteiger partial charge >= 0.3 is 6.18 Å². The number of anilines is 6. The highest BCUT2D eigenvalue weighted by molar-refractivity contribution is 6.27. The third kappa shape index (κ3) is 7.63. The molecule has 13 heteroatoms. The van der Waals surface area contributed by atoms with Crippen LogP contribution in [0.25, 0.3) is 0 Å². The first-order chi connectivity index (χ1) is 20.3. The molecule has 0 amide bonds. The zero-order chi connectivity index (χ0) is 29.4. The fourth-order valence-corrected chi connectivity index (χ4v) is 3.60. The number of nitrogens with zero attached hydrogens (tertiary/aromatic N) is 5. The monoisotopic (exact) mass is 569 g/mol. The van der Waals surface area contributed by atoms with E-state index in [0.717, 1.165) is 23.5 Å². The van der Waals surface area contributed by atoms with Crippen molar-refractivity contribution in [3.63, 3.8) is 0 Å². The molecule has 42 heavy (non-hydrogen) atoms. The van der Waals surface area contributed by atoms with E-state index in [1.807, 2.05) is 60.7 Å². The summed E-state index contributed by atoms with van der Waals surface area (Å²) in [5, 5.41) is 14.4. The Bertz CT molecular complexity index is 1630. The van der Waals surface area contributed by atoms with Crippen LogP contribution >= 0.6 is 0 Å². The summed E-state index contributed by atoms with van der Waals surface area (Å²) < 4.78 is 38.9. The summed E-state index contributed by atoms with van der Waals surface area (Å²) >= 11 is 0. The number of carbonyl (C=O) groups is 1. The lowest BCUT2D eigenvalue weighted by Crippen LogP contribution is -2.11. The van der Waals surface area contributed by atoms with E-state index in [2.05, 4.69) is 46.6 Å². The van der Waals surface area contributed by atoms with Crippen molar-refractivity contribution >= 4 is 52.6 Å². The smallest absolute Gasteiger partial charge is 0.324 e. The standard InChI is InChI=1S/C29H22F3N9O/c30-29(31,32)20-8-7-13-23(17-20)39-40-24-14-15-25(42)19(16-24)18-33-41-28-37-26(34-21-9-3-1-4-10-21)36-27(38-28)35-22-11-5-2-6-12-22/h1-18,39H,(H3,34,35,36,37,38,41). The van der Waals surface area contributed by atoms with Gasteiger partial charge in [-0.15, -0.1) is 0 Å². The van der Waals surface area contributed by atoms with Gasteiger partial charge in [0.2, 0.25) is 17.8 Å². The number of para-hydroxylation sites is 2. The molecule has 10 nitrogen and oxygen atoms in total. The summed E-state index contributed by atoms with van der Waals surface area (Å²) in [6, 6.07) is 23.3. The first kappa shape index (κ1) is 27.7. The minimum absolute atomic E-state index is 0.0950. The third-order valence-corrected chi connectivity index (χ3v) is 5.56. The van der Waals surface area contributed by atoms with Crippen molar-refractivity contribution in [2.75, 3.05) is 21.5 Å². The number of ketones is 1. The zero-order valence-corrected chi connectivity index (χ0v) is 21.7. The minimum atomic E-state index is -4.48. The Kier molecular flexibility index (Phi) is 8.28. The lowest BCUT2D eigenvalue weighted by Gasteiger charge is -2.10. The highest BCUT2D eigenvalue weighted by Gasteiger charge is 2.30. The Morgan fingerprint density at radius 1 is 0.690 bits per heavy atom. The van der Waals surface area contributed by atoms with Crippen molar-refractivity contribution in [1.29, 1.82) is 0 Å². The molecular weight excluding hydrogens is 547 g/mol. The van der Waals surface area contributed by atoms with Gasteiger partial charge < -0.3 is 10.6 Å². The van der Waals surface area contributed by atoms with E-state index >= 15 is 0 Å². The van der Waals surface area contributed by atoms with Crippen LogP contribution in [0, 0.1) is 0 Å². The fraction of sp³-hybridized carbons (Fsp3) is 0.0345. The topological polar surface area (TPSA) is 129 Å². The lowest BCUT2D eigenvalue weighted by molar-refractivity contribution is -0.137. The molecule has 0 unspecified atom stereocenters. The molecule has 1 aliphatic rings. The Morgan fingerprint density at radius 3 is 1.90 bits per heavy atom. The van der Waals surface area contributed by atoms with Crippen molar-refractivity contribution in [3.05, 3.63) is 114 Å². The van der Waals surface area contributed by atoms with E-state index in [0.29, 0.717) is 5.71 Å². The SMILES string of the molecule is O=C1C=CC(=NNc2cccc(C(F)(F)F)c2)C=C1C=NNc1nc(Nc2ccccc2)nc(Nc2ccccc2)n1. The third-order valence-electron chi connectivity index (χ3n) is 5.56. The number of alkyl halides is 3. The van der Waals surface area contributed by atoms with Crippen LogP contribution < -0.4 is 21.5 Å². The van der Waals surface area contributed by atoms with E-state index < -0.39 is 11.7 Å². The summed E-state index contributed by atoms with van der Waals surface area (Å²) in [6.45, 7) is 0. The molecule has 210 valence electrons. The molecule has 0 spiro atoms.